The van der Waals surface area contributed by atoms with Crippen LogP contribution >= 0.6 is 27.3 Å². The van der Waals surface area contributed by atoms with Crippen molar-refractivity contribution in [2.24, 2.45) is 0 Å². The second-order valence-corrected chi connectivity index (χ2v) is 6.39. The molecule has 0 spiro atoms. The molecule has 5 heteroatoms. The number of halogens is 1. The Morgan fingerprint density at radius 3 is 2.81 bits per heavy atom. The maximum atomic E-state index is 12.2. The van der Waals surface area contributed by atoms with E-state index in [0.29, 0.717) is 5.56 Å². The first-order chi connectivity index (χ1) is 10.2. The average Bonchev–Trinajstić information content (AvgIpc) is 3.02. The van der Waals surface area contributed by atoms with Crippen molar-refractivity contribution in [2.45, 2.75) is 6.54 Å². The number of carbonyl (C=O) groups excluding carboxylic acids is 1. The van der Waals surface area contributed by atoms with Gasteiger partial charge in [-0.05, 0) is 28.6 Å². The van der Waals surface area contributed by atoms with Crippen LogP contribution in [-0.4, -0.2) is 10.8 Å². The summed E-state index contributed by atoms with van der Waals surface area (Å²) in [6, 6.07) is 13.4. The number of aromatic nitrogens is 2. The third kappa shape index (κ3) is 3.43. The molecule has 0 saturated heterocycles. The third-order valence-electron chi connectivity index (χ3n) is 3.02. The lowest BCUT2D eigenvalue weighted by Gasteiger charge is -2.01. The normalized spacial score (nSPS) is 10.5. The summed E-state index contributed by atoms with van der Waals surface area (Å²) in [5, 5.41) is 2.02. The van der Waals surface area contributed by atoms with Gasteiger partial charge in [0.25, 0.3) is 6.33 Å². The Kier molecular flexibility index (Phi) is 4.22. The van der Waals surface area contributed by atoms with E-state index in [-0.39, 0.29) is 12.3 Å². The van der Waals surface area contributed by atoms with Crippen molar-refractivity contribution in [1.29, 1.82) is 0 Å². The molecule has 0 saturated carbocycles. The summed E-state index contributed by atoms with van der Waals surface area (Å²) in [6.07, 6.45) is 3.59. The van der Waals surface area contributed by atoms with Crippen LogP contribution in [0.25, 0.3) is 10.6 Å². The summed E-state index contributed by atoms with van der Waals surface area (Å²) in [5.41, 5.74) is 1.62. The van der Waals surface area contributed by atoms with Crippen LogP contribution in [-0.2, 0) is 6.54 Å². The lowest BCUT2D eigenvalue weighted by Crippen LogP contribution is -2.37. The van der Waals surface area contributed by atoms with Gasteiger partial charge in [-0.3, -0.25) is 4.79 Å². The topological polar surface area (TPSA) is 33.8 Å². The first-order valence-corrected chi connectivity index (χ1v) is 8.07. The molecule has 0 fully saturated rings. The van der Waals surface area contributed by atoms with Gasteiger partial charge < -0.3 is 0 Å². The molecule has 21 heavy (non-hydrogen) atoms. The molecule has 1 aromatic carbocycles. The SMILES string of the molecule is O=C(C[n+]1ccc(-c2cccs2)nc1)c1cccc(Br)c1. The maximum absolute atomic E-state index is 12.2. The van der Waals surface area contributed by atoms with Crippen LogP contribution in [0.4, 0.5) is 0 Å². The Hall–Kier alpha value is -1.85. The van der Waals surface area contributed by atoms with Gasteiger partial charge in [-0.15, -0.1) is 11.3 Å². The lowest BCUT2D eigenvalue weighted by atomic mass is 10.1. The van der Waals surface area contributed by atoms with E-state index in [1.807, 2.05) is 54.0 Å². The summed E-state index contributed by atoms with van der Waals surface area (Å²) in [4.78, 5) is 17.7. The van der Waals surface area contributed by atoms with Crippen LogP contribution in [0.5, 0.6) is 0 Å². The number of benzene rings is 1. The molecule has 2 aromatic heterocycles. The fraction of sp³-hybridized carbons (Fsp3) is 0.0625. The van der Waals surface area contributed by atoms with E-state index in [0.717, 1.165) is 15.0 Å². The van der Waals surface area contributed by atoms with Gasteiger partial charge in [0.05, 0.1) is 11.1 Å². The smallest absolute Gasteiger partial charge is 0.287 e. The molecule has 104 valence electrons. The number of carbonyl (C=O) groups is 1. The highest BCUT2D eigenvalue weighted by molar-refractivity contribution is 9.10. The third-order valence-corrected chi connectivity index (χ3v) is 4.40. The van der Waals surface area contributed by atoms with E-state index in [1.165, 1.54) is 0 Å². The number of nitrogens with zero attached hydrogens (tertiary/aromatic N) is 2. The van der Waals surface area contributed by atoms with Crippen molar-refractivity contribution >= 4 is 33.0 Å². The fourth-order valence-corrected chi connectivity index (χ4v) is 3.07. The molecular formula is C16H12BrN2OS+. The minimum absolute atomic E-state index is 0.0620. The average molecular weight is 360 g/mol. The van der Waals surface area contributed by atoms with Crippen molar-refractivity contribution in [2.75, 3.05) is 0 Å². The zero-order valence-electron chi connectivity index (χ0n) is 11.1. The zero-order chi connectivity index (χ0) is 14.7. The van der Waals surface area contributed by atoms with Crippen LogP contribution in [0.3, 0.4) is 0 Å². The van der Waals surface area contributed by atoms with E-state index >= 15 is 0 Å². The number of ketones is 1. The maximum Gasteiger partial charge on any atom is 0.287 e. The van der Waals surface area contributed by atoms with Gasteiger partial charge in [0.15, 0.2) is 12.2 Å². The Bertz CT molecular complexity index is 754. The van der Waals surface area contributed by atoms with Gasteiger partial charge in [0, 0.05) is 16.1 Å². The summed E-state index contributed by atoms with van der Waals surface area (Å²) < 4.78 is 2.70. The van der Waals surface area contributed by atoms with Gasteiger partial charge in [-0.2, -0.15) is 0 Å². The largest absolute Gasteiger partial charge is 0.290 e. The Morgan fingerprint density at radius 1 is 1.24 bits per heavy atom. The molecule has 0 radical (unpaired) electrons. The fourth-order valence-electron chi connectivity index (χ4n) is 1.97. The van der Waals surface area contributed by atoms with Gasteiger partial charge in [-0.25, -0.2) is 4.57 Å². The molecule has 0 aliphatic carbocycles. The molecule has 0 unspecified atom stereocenters. The lowest BCUT2D eigenvalue weighted by molar-refractivity contribution is -0.686. The predicted octanol–water partition coefficient (Wildman–Crippen LogP) is 3.74. The second-order valence-electron chi connectivity index (χ2n) is 4.53. The molecule has 0 atom stereocenters. The highest BCUT2D eigenvalue weighted by Crippen LogP contribution is 2.20. The van der Waals surface area contributed by atoms with E-state index in [9.17, 15) is 4.79 Å². The van der Waals surface area contributed by atoms with Crippen molar-refractivity contribution in [1.82, 2.24) is 4.98 Å². The van der Waals surface area contributed by atoms with Gasteiger partial charge in [-0.1, -0.05) is 34.1 Å². The highest BCUT2D eigenvalue weighted by Gasteiger charge is 2.12. The predicted molar refractivity (Wildman–Crippen MR) is 86.2 cm³/mol. The molecule has 0 aliphatic heterocycles. The van der Waals surface area contributed by atoms with Crippen LogP contribution in [0.1, 0.15) is 10.4 Å². The van der Waals surface area contributed by atoms with Crippen molar-refractivity contribution in [3.8, 4) is 10.6 Å². The molecule has 0 bridgehead atoms. The first-order valence-electron chi connectivity index (χ1n) is 6.40. The van der Waals surface area contributed by atoms with Crippen LogP contribution < -0.4 is 4.57 Å². The van der Waals surface area contributed by atoms with Crippen molar-refractivity contribution in [3.63, 3.8) is 0 Å². The molecule has 0 N–H and O–H groups in total. The van der Waals surface area contributed by atoms with E-state index in [2.05, 4.69) is 20.9 Å². The van der Waals surface area contributed by atoms with E-state index in [4.69, 9.17) is 0 Å². The van der Waals surface area contributed by atoms with E-state index < -0.39 is 0 Å². The number of rotatable bonds is 4. The second kappa shape index (κ2) is 6.28. The van der Waals surface area contributed by atoms with Gasteiger partial charge >= 0.3 is 0 Å². The number of thiophene rings is 1. The number of hydrogen-bond donors (Lipinski definition) is 0. The summed E-state index contributed by atoms with van der Waals surface area (Å²) in [6.45, 7) is 0.286. The molecular weight excluding hydrogens is 348 g/mol. The molecule has 0 aliphatic rings. The highest BCUT2D eigenvalue weighted by atomic mass is 79.9. The number of hydrogen-bond acceptors (Lipinski definition) is 3. The molecule has 3 rings (SSSR count). The van der Waals surface area contributed by atoms with Crippen molar-refractivity contribution in [3.05, 3.63) is 70.4 Å². The molecule has 3 nitrogen and oxygen atoms in total. The number of Topliss-reactive ketones (excluding diaryl/α,β-unsaturated/α-hetero) is 1. The summed E-state index contributed by atoms with van der Waals surface area (Å²) >= 11 is 5.03. The Balaban J connectivity index is 1.75. The van der Waals surface area contributed by atoms with Crippen molar-refractivity contribution < 1.29 is 9.36 Å². The van der Waals surface area contributed by atoms with E-state index in [1.54, 1.807) is 22.2 Å². The summed E-state index contributed by atoms with van der Waals surface area (Å²) in [7, 11) is 0. The van der Waals surface area contributed by atoms with Gasteiger partial charge in [0.2, 0.25) is 5.78 Å². The quantitative estimate of drug-likeness (QED) is 0.525. The molecule has 0 amide bonds. The van der Waals surface area contributed by atoms with Gasteiger partial charge in [0.1, 0.15) is 0 Å². The summed E-state index contributed by atoms with van der Waals surface area (Å²) in [5.74, 6) is 0.0620. The first kappa shape index (κ1) is 14.1. The molecule has 2 heterocycles. The Labute approximate surface area is 135 Å². The molecule has 3 aromatic rings. The monoisotopic (exact) mass is 359 g/mol. The minimum Gasteiger partial charge on any atom is -0.290 e. The Morgan fingerprint density at radius 2 is 2.14 bits per heavy atom. The van der Waals surface area contributed by atoms with Crippen LogP contribution in [0.2, 0.25) is 0 Å². The minimum atomic E-state index is 0.0620. The van der Waals surface area contributed by atoms with Crippen LogP contribution in [0, 0.1) is 0 Å². The zero-order valence-corrected chi connectivity index (χ0v) is 13.5. The van der Waals surface area contributed by atoms with Crippen LogP contribution in [0.15, 0.2) is 64.8 Å². The standard InChI is InChI=1S/C16H12BrN2OS/c17-13-4-1-3-12(9-13)15(20)10-19-7-6-14(18-11-19)16-5-2-8-21-16/h1-9,11H,10H2/q+1.